The number of carbonyl (C=O) groups is 2. The Hall–Kier alpha value is -1.71. The molecule has 2 bridgehead atoms. The van der Waals surface area contributed by atoms with Crippen LogP contribution in [-0.2, 0) is 4.79 Å². The van der Waals surface area contributed by atoms with Crippen LogP contribution in [0.25, 0.3) is 0 Å². The first-order chi connectivity index (χ1) is 9.08. The summed E-state index contributed by atoms with van der Waals surface area (Å²) in [6, 6.07) is 5.39. The fourth-order valence-electron chi connectivity index (χ4n) is 3.83. The highest BCUT2D eigenvalue weighted by Gasteiger charge is 2.53. The van der Waals surface area contributed by atoms with E-state index in [0.29, 0.717) is 5.56 Å². The van der Waals surface area contributed by atoms with Gasteiger partial charge in [0.2, 0.25) is 0 Å². The van der Waals surface area contributed by atoms with Gasteiger partial charge in [-0.05, 0) is 55.4 Å². The van der Waals surface area contributed by atoms with Crippen LogP contribution in [0.3, 0.4) is 0 Å². The monoisotopic (exact) mass is 262 g/mol. The minimum atomic E-state index is -0.868. The lowest BCUT2D eigenvalue weighted by atomic mass is 9.75. The van der Waals surface area contributed by atoms with Crippen LogP contribution >= 0.6 is 0 Å². The lowest BCUT2D eigenvalue weighted by molar-refractivity contribution is -0.144. The van der Waals surface area contributed by atoms with E-state index in [1.165, 1.54) is 24.3 Å². The molecule has 3 rings (SSSR count). The van der Waals surface area contributed by atoms with E-state index < -0.39 is 17.8 Å². The molecule has 0 aliphatic heterocycles. The van der Waals surface area contributed by atoms with Crippen molar-refractivity contribution in [2.24, 2.45) is 23.7 Å². The van der Waals surface area contributed by atoms with Crippen LogP contribution in [0.5, 0.6) is 0 Å². The second-order valence-electron chi connectivity index (χ2n) is 5.59. The topological polar surface area (TPSA) is 54.4 Å². The number of carboxylic acid groups (broad SMARTS) is 1. The zero-order valence-electron chi connectivity index (χ0n) is 10.4. The van der Waals surface area contributed by atoms with Gasteiger partial charge in [-0.3, -0.25) is 9.59 Å². The number of carboxylic acids is 1. The Morgan fingerprint density at radius 3 is 2.21 bits per heavy atom. The molecule has 19 heavy (non-hydrogen) atoms. The van der Waals surface area contributed by atoms with Gasteiger partial charge in [0.15, 0.2) is 5.78 Å². The maximum atomic E-state index is 12.9. The number of carbonyl (C=O) groups excluding carboxylic acids is 1. The molecule has 2 aliphatic rings. The van der Waals surface area contributed by atoms with Crippen LogP contribution in [0, 0.1) is 29.5 Å². The number of rotatable bonds is 3. The number of fused-ring (bicyclic) bond motifs is 2. The zero-order chi connectivity index (χ0) is 13.6. The maximum Gasteiger partial charge on any atom is 0.307 e. The summed E-state index contributed by atoms with van der Waals surface area (Å²) in [6.07, 6.45) is 2.69. The van der Waals surface area contributed by atoms with Crippen LogP contribution in [0.2, 0.25) is 0 Å². The highest BCUT2D eigenvalue weighted by Crippen LogP contribution is 2.53. The molecule has 4 unspecified atom stereocenters. The predicted octanol–water partition coefficient (Wildman–Crippen LogP) is 2.76. The Bertz CT molecular complexity index is 523. The van der Waals surface area contributed by atoms with Gasteiger partial charge < -0.3 is 5.11 Å². The van der Waals surface area contributed by atoms with Crippen molar-refractivity contribution >= 4 is 11.8 Å². The maximum absolute atomic E-state index is 12.9. The SMILES string of the molecule is O=C(O)C1C2CCC(C2)C1C(=O)c1ccc(F)cc1. The Morgan fingerprint density at radius 1 is 1.05 bits per heavy atom. The molecule has 2 fully saturated rings. The first-order valence-electron chi connectivity index (χ1n) is 6.60. The van der Waals surface area contributed by atoms with Crippen molar-refractivity contribution in [1.82, 2.24) is 0 Å². The number of halogens is 1. The lowest BCUT2D eigenvalue weighted by Crippen LogP contribution is -2.34. The number of ketones is 1. The third-order valence-corrected chi connectivity index (χ3v) is 4.63. The minimum Gasteiger partial charge on any atom is -0.481 e. The summed E-state index contributed by atoms with van der Waals surface area (Å²) in [5.41, 5.74) is 0.421. The molecule has 1 N–H and O–H groups in total. The fraction of sp³-hybridized carbons (Fsp3) is 0.467. The molecular weight excluding hydrogens is 247 g/mol. The molecule has 100 valence electrons. The van der Waals surface area contributed by atoms with E-state index in [9.17, 15) is 19.1 Å². The number of aliphatic carboxylic acids is 1. The van der Waals surface area contributed by atoms with Crippen molar-refractivity contribution in [2.75, 3.05) is 0 Å². The Kier molecular flexibility index (Phi) is 2.88. The van der Waals surface area contributed by atoms with E-state index in [2.05, 4.69) is 0 Å². The van der Waals surface area contributed by atoms with Crippen LogP contribution in [0.1, 0.15) is 29.6 Å². The third-order valence-electron chi connectivity index (χ3n) is 4.63. The Balaban J connectivity index is 1.90. The van der Waals surface area contributed by atoms with Crippen molar-refractivity contribution in [3.63, 3.8) is 0 Å². The summed E-state index contributed by atoms with van der Waals surface area (Å²) in [5.74, 6) is -2.06. The Labute approximate surface area is 110 Å². The van der Waals surface area contributed by atoms with Crippen LogP contribution < -0.4 is 0 Å². The summed E-state index contributed by atoms with van der Waals surface area (Å²) in [4.78, 5) is 23.9. The molecule has 0 saturated heterocycles. The van der Waals surface area contributed by atoms with Gasteiger partial charge in [0.25, 0.3) is 0 Å². The van der Waals surface area contributed by atoms with E-state index in [1.54, 1.807) is 0 Å². The number of hydrogen-bond donors (Lipinski definition) is 1. The van der Waals surface area contributed by atoms with Gasteiger partial charge in [0.05, 0.1) is 5.92 Å². The minimum absolute atomic E-state index is 0.136. The van der Waals surface area contributed by atoms with Crippen LogP contribution in [0.15, 0.2) is 24.3 Å². The molecule has 0 aromatic heterocycles. The van der Waals surface area contributed by atoms with Crippen LogP contribution in [0.4, 0.5) is 4.39 Å². The molecule has 1 aromatic rings. The average Bonchev–Trinajstić information content (AvgIpc) is 2.98. The second-order valence-corrected chi connectivity index (χ2v) is 5.59. The van der Waals surface area contributed by atoms with Crippen molar-refractivity contribution in [2.45, 2.75) is 19.3 Å². The van der Waals surface area contributed by atoms with Crippen molar-refractivity contribution in [3.8, 4) is 0 Å². The number of benzene rings is 1. The Morgan fingerprint density at radius 2 is 1.63 bits per heavy atom. The first-order valence-corrected chi connectivity index (χ1v) is 6.60. The molecule has 0 radical (unpaired) electrons. The molecule has 0 heterocycles. The highest BCUT2D eigenvalue weighted by atomic mass is 19.1. The van der Waals surface area contributed by atoms with Gasteiger partial charge in [-0.25, -0.2) is 4.39 Å². The molecule has 1 aromatic carbocycles. The number of Topliss-reactive ketones (excluding diaryl/α,β-unsaturated/α-hetero) is 1. The summed E-state index contributed by atoms with van der Waals surface area (Å²) in [6.45, 7) is 0. The first kappa shape index (κ1) is 12.3. The fourth-order valence-corrected chi connectivity index (χ4v) is 3.83. The van der Waals surface area contributed by atoms with Gasteiger partial charge in [0.1, 0.15) is 5.82 Å². The van der Waals surface area contributed by atoms with E-state index in [4.69, 9.17) is 0 Å². The zero-order valence-corrected chi connectivity index (χ0v) is 10.4. The van der Waals surface area contributed by atoms with Gasteiger partial charge in [-0.15, -0.1) is 0 Å². The molecule has 0 spiro atoms. The van der Waals surface area contributed by atoms with Crippen molar-refractivity contribution in [3.05, 3.63) is 35.6 Å². The molecule has 2 saturated carbocycles. The van der Waals surface area contributed by atoms with E-state index in [0.717, 1.165) is 19.3 Å². The van der Waals surface area contributed by atoms with Crippen molar-refractivity contribution in [1.29, 1.82) is 0 Å². The van der Waals surface area contributed by atoms with E-state index in [1.807, 2.05) is 0 Å². The average molecular weight is 262 g/mol. The smallest absolute Gasteiger partial charge is 0.307 e. The molecule has 2 aliphatic carbocycles. The lowest BCUT2D eigenvalue weighted by Gasteiger charge is -2.26. The quantitative estimate of drug-likeness (QED) is 0.852. The van der Waals surface area contributed by atoms with Gasteiger partial charge in [0, 0.05) is 11.5 Å². The number of hydrogen-bond acceptors (Lipinski definition) is 2. The highest BCUT2D eigenvalue weighted by molar-refractivity contribution is 6.00. The van der Waals surface area contributed by atoms with Gasteiger partial charge in [-0.2, -0.15) is 0 Å². The van der Waals surface area contributed by atoms with E-state index in [-0.39, 0.29) is 23.4 Å². The molecule has 0 amide bonds. The summed E-state index contributed by atoms with van der Waals surface area (Å²) in [5, 5.41) is 9.33. The second kappa shape index (κ2) is 4.44. The van der Waals surface area contributed by atoms with Crippen molar-refractivity contribution < 1.29 is 19.1 Å². The molecular formula is C15H15FO3. The largest absolute Gasteiger partial charge is 0.481 e. The summed E-state index contributed by atoms with van der Waals surface area (Å²) >= 11 is 0. The predicted molar refractivity (Wildman–Crippen MR) is 66.2 cm³/mol. The summed E-state index contributed by atoms with van der Waals surface area (Å²) < 4.78 is 12.9. The normalized spacial score (nSPS) is 32.5. The van der Waals surface area contributed by atoms with Crippen LogP contribution in [-0.4, -0.2) is 16.9 Å². The summed E-state index contributed by atoms with van der Waals surface area (Å²) in [7, 11) is 0. The van der Waals surface area contributed by atoms with Gasteiger partial charge >= 0.3 is 5.97 Å². The standard InChI is InChI=1S/C15H15FO3/c16-11-5-3-8(4-6-11)14(17)12-9-1-2-10(7-9)13(12)15(18)19/h3-6,9-10,12-13H,1-2,7H2,(H,18,19). The molecule has 4 atom stereocenters. The third kappa shape index (κ3) is 1.95. The molecule has 4 heteroatoms. The van der Waals surface area contributed by atoms with E-state index >= 15 is 0 Å². The van der Waals surface area contributed by atoms with Gasteiger partial charge in [-0.1, -0.05) is 0 Å². The molecule has 3 nitrogen and oxygen atoms in total.